The van der Waals surface area contributed by atoms with Crippen LogP contribution >= 0.6 is 0 Å². The average molecular weight is 514 g/mol. The minimum absolute atomic E-state index is 0.238. The van der Waals surface area contributed by atoms with Gasteiger partial charge in [-0.3, -0.25) is 4.40 Å². The summed E-state index contributed by atoms with van der Waals surface area (Å²) in [6, 6.07) is 18.4. The molecule has 1 atom stereocenters. The number of imidazole rings is 1. The first-order chi connectivity index (χ1) is 18.4. The molecule has 4 aromatic rings. The van der Waals surface area contributed by atoms with Crippen molar-refractivity contribution in [3.8, 4) is 11.1 Å². The highest BCUT2D eigenvalue weighted by atomic mass is 16.6. The molecule has 2 aromatic heterocycles. The number of aromatic nitrogens is 2. The molecule has 0 radical (unpaired) electrons. The molecule has 7 heteroatoms. The third kappa shape index (κ3) is 6.05. The van der Waals surface area contributed by atoms with Crippen LogP contribution in [0.15, 0.2) is 66.9 Å². The van der Waals surface area contributed by atoms with Crippen LogP contribution in [0.2, 0.25) is 0 Å². The van der Waals surface area contributed by atoms with Crippen LogP contribution in [0.1, 0.15) is 78.5 Å². The zero-order chi connectivity index (χ0) is 27.1. The number of carbonyl (C=O) groups excluding carboxylic acids is 1. The van der Waals surface area contributed by atoms with Gasteiger partial charge in [-0.2, -0.15) is 0 Å². The van der Waals surface area contributed by atoms with E-state index in [4.69, 9.17) is 9.72 Å². The van der Waals surface area contributed by atoms with E-state index in [0.29, 0.717) is 12.1 Å². The summed E-state index contributed by atoms with van der Waals surface area (Å²) in [6.07, 6.45) is 5.73. The zero-order valence-corrected chi connectivity index (χ0v) is 22.2. The number of ether oxygens (including phenoxy) is 1. The topological polar surface area (TPSA) is 92.9 Å². The Bertz CT molecular complexity index is 1410. The Hall–Kier alpha value is -4.13. The van der Waals surface area contributed by atoms with Crippen molar-refractivity contribution >= 4 is 17.7 Å². The minimum atomic E-state index is -0.976. The molecule has 1 unspecified atom stereocenters. The largest absolute Gasteiger partial charge is 0.478 e. The maximum atomic E-state index is 12.8. The predicted molar refractivity (Wildman–Crippen MR) is 149 cm³/mol. The Kier molecular flexibility index (Phi) is 8.79. The lowest BCUT2D eigenvalue weighted by atomic mass is 9.97. The van der Waals surface area contributed by atoms with Crippen LogP contribution in [-0.4, -0.2) is 33.1 Å². The lowest BCUT2D eigenvalue weighted by Gasteiger charge is -2.21. The molecule has 0 saturated carbocycles. The monoisotopic (exact) mass is 513 g/mol. The third-order valence-corrected chi connectivity index (χ3v) is 6.65. The highest BCUT2D eigenvalue weighted by molar-refractivity contribution is 5.96. The van der Waals surface area contributed by atoms with Crippen LogP contribution in [0.25, 0.3) is 16.8 Å². The van der Waals surface area contributed by atoms with Crippen molar-refractivity contribution in [2.45, 2.75) is 59.0 Å². The molecule has 38 heavy (non-hydrogen) atoms. The van der Waals surface area contributed by atoms with Gasteiger partial charge in [0, 0.05) is 12.7 Å². The van der Waals surface area contributed by atoms with E-state index in [2.05, 4.69) is 19.2 Å². The number of nitrogens with zero attached hydrogens (tertiary/aromatic N) is 2. The van der Waals surface area contributed by atoms with Crippen LogP contribution in [-0.2, 0) is 11.2 Å². The Labute approximate surface area is 223 Å². The summed E-state index contributed by atoms with van der Waals surface area (Å²) in [5.74, 6) is -0.976. The summed E-state index contributed by atoms with van der Waals surface area (Å²) < 4.78 is 8.05. The number of carboxylic acid groups (broad SMARTS) is 1. The molecule has 0 aliphatic rings. The second-order valence-corrected chi connectivity index (χ2v) is 9.51. The van der Waals surface area contributed by atoms with E-state index in [-0.39, 0.29) is 5.56 Å². The first-order valence-corrected chi connectivity index (χ1v) is 13.3. The molecule has 2 heterocycles. The van der Waals surface area contributed by atoms with Gasteiger partial charge in [0.1, 0.15) is 5.65 Å². The zero-order valence-electron chi connectivity index (χ0n) is 22.2. The van der Waals surface area contributed by atoms with Crippen LogP contribution < -0.4 is 5.32 Å². The van der Waals surface area contributed by atoms with E-state index in [9.17, 15) is 14.7 Å². The van der Waals surface area contributed by atoms with Gasteiger partial charge in [0.25, 0.3) is 0 Å². The van der Waals surface area contributed by atoms with Crippen molar-refractivity contribution in [1.29, 1.82) is 0 Å². The summed E-state index contributed by atoms with van der Waals surface area (Å²) in [4.78, 5) is 29.4. The number of pyridine rings is 1. The normalized spacial score (nSPS) is 11.9. The number of alkyl carbamates (subject to hydrolysis) is 1. The summed E-state index contributed by atoms with van der Waals surface area (Å²) in [7, 11) is 0. The molecule has 2 aromatic carbocycles. The number of nitrogens with one attached hydrogen (secondary N) is 1. The predicted octanol–water partition coefficient (Wildman–Crippen LogP) is 6.97. The van der Waals surface area contributed by atoms with E-state index < -0.39 is 18.2 Å². The van der Waals surface area contributed by atoms with Gasteiger partial charge in [-0.15, -0.1) is 0 Å². The van der Waals surface area contributed by atoms with E-state index in [0.717, 1.165) is 65.8 Å². The molecule has 0 bridgehead atoms. The Morgan fingerprint density at radius 3 is 2.45 bits per heavy atom. The minimum Gasteiger partial charge on any atom is -0.478 e. The number of benzene rings is 2. The number of hydrogen-bond acceptors (Lipinski definition) is 4. The molecule has 0 aliphatic heterocycles. The number of amides is 1. The number of fused-ring (bicyclic) bond motifs is 1. The van der Waals surface area contributed by atoms with Gasteiger partial charge < -0.3 is 15.2 Å². The average Bonchev–Trinajstić information content (AvgIpc) is 3.36. The fourth-order valence-electron chi connectivity index (χ4n) is 4.54. The van der Waals surface area contributed by atoms with Crippen molar-refractivity contribution in [3.63, 3.8) is 0 Å². The molecule has 2 N–H and O–H groups in total. The van der Waals surface area contributed by atoms with Crippen LogP contribution in [0, 0.1) is 6.92 Å². The van der Waals surface area contributed by atoms with Gasteiger partial charge in [0.15, 0.2) is 6.10 Å². The maximum Gasteiger partial charge on any atom is 0.408 e. The first kappa shape index (κ1) is 26.9. The SMILES string of the molecule is CCCCNC(=O)OC(c1ccc(-c2ccccc2C(=O)O)cc1)c1ccc(C)c2nc(CCCC)cn12. The molecular formula is C31H35N3O4. The van der Waals surface area contributed by atoms with Crippen molar-refractivity contribution in [1.82, 2.24) is 14.7 Å². The number of aromatic carboxylic acids is 1. The van der Waals surface area contributed by atoms with E-state index in [1.54, 1.807) is 18.2 Å². The van der Waals surface area contributed by atoms with E-state index in [1.165, 1.54) is 0 Å². The number of hydrogen-bond donors (Lipinski definition) is 2. The summed E-state index contributed by atoms with van der Waals surface area (Å²) >= 11 is 0. The van der Waals surface area contributed by atoms with Gasteiger partial charge in [-0.05, 0) is 60.6 Å². The molecule has 4 rings (SSSR count). The highest BCUT2D eigenvalue weighted by Gasteiger charge is 2.23. The molecule has 0 aliphatic carbocycles. The molecule has 7 nitrogen and oxygen atoms in total. The second-order valence-electron chi connectivity index (χ2n) is 9.51. The summed E-state index contributed by atoms with van der Waals surface area (Å²) in [5, 5.41) is 12.5. The molecular weight excluding hydrogens is 478 g/mol. The fraction of sp³-hybridized carbons (Fsp3) is 0.323. The Balaban J connectivity index is 1.75. The quantitative estimate of drug-likeness (QED) is 0.211. The smallest absolute Gasteiger partial charge is 0.408 e. The van der Waals surface area contributed by atoms with Gasteiger partial charge in [0.05, 0.1) is 17.0 Å². The number of aryl methyl sites for hydroxylation is 2. The molecule has 198 valence electrons. The van der Waals surface area contributed by atoms with Gasteiger partial charge in [-0.25, -0.2) is 14.6 Å². The van der Waals surface area contributed by atoms with E-state index in [1.807, 2.05) is 60.0 Å². The number of carbonyl (C=O) groups is 2. The van der Waals surface area contributed by atoms with Gasteiger partial charge in [0.2, 0.25) is 0 Å². The standard InChI is InChI=1S/C31H35N3O4/c1-4-6-10-24-20-34-27(18-13-21(3)29(34)33-24)28(38-31(37)32-19-7-5-2)23-16-14-22(15-17-23)25-11-8-9-12-26(25)30(35)36/h8-9,11-18,20,28H,4-7,10,19H2,1-3H3,(H,32,37)(H,35,36). The molecule has 0 fully saturated rings. The second kappa shape index (κ2) is 12.4. The van der Waals surface area contributed by atoms with Crippen molar-refractivity contribution < 1.29 is 19.4 Å². The first-order valence-electron chi connectivity index (χ1n) is 13.3. The van der Waals surface area contributed by atoms with E-state index >= 15 is 0 Å². The molecule has 1 amide bonds. The Morgan fingerprint density at radius 2 is 1.74 bits per heavy atom. The number of unbranched alkanes of at least 4 members (excludes halogenated alkanes) is 2. The summed E-state index contributed by atoms with van der Waals surface area (Å²) in [6.45, 7) is 6.80. The molecule has 0 saturated heterocycles. The third-order valence-electron chi connectivity index (χ3n) is 6.65. The van der Waals surface area contributed by atoms with Gasteiger partial charge in [-0.1, -0.05) is 75.2 Å². The van der Waals surface area contributed by atoms with Crippen molar-refractivity contribution in [2.75, 3.05) is 6.54 Å². The van der Waals surface area contributed by atoms with Crippen LogP contribution in [0.5, 0.6) is 0 Å². The summed E-state index contributed by atoms with van der Waals surface area (Å²) in [5.41, 5.74) is 6.12. The maximum absolute atomic E-state index is 12.8. The number of carboxylic acids is 1. The lowest BCUT2D eigenvalue weighted by Crippen LogP contribution is -2.28. The fourth-order valence-corrected chi connectivity index (χ4v) is 4.54. The molecule has 0 spiro atoms. The lowest BCUT2D eigenvalue weighted by molar-refractivity contribution is 0.0697. The van der Waals surface area contributed by atoms with Gasteiger partial charge >= 0.3 is 12.1 Å². The highest BCUT2D eigenvalue weighted by Crippen LogP contribution is 2.31. The van der Waals surface area contributed by atoms with Crippen LogP contribution in [0.4, 0.5) is 4.79 Å². The Morgan fingerprint density at radius 1 is 1.00 bits per heavy atom. The van der Waals surface area contributed by atoms with Crippen LogP contribution in [0.3, 0.4) is 0 Å². The number of rotatable bonds is 11. The van der Waals surface area contributed by atoms with Crippen molar-refractivity contribution in [3.05, 3.63) is 94.9 Å². The van der Waals surface area contributed by atoms with Crippen molar-refractivity contribution in [2.24, 2.45) is 0 Å².